The summed E-state index contributed by atoms with van der Waals surface area (Å²) in [6.07, 6.45) is 0.678. The van der Waals surface area contributed by atoms with Crippen LogP contribution in [0.1, 0.15) is 17.2 Å². The van der Waals surface area contributed by atoms with Crippen LogP contribution < -0.4 is 0 Å². The van der Waals surface area contributed by atoms with Crippen molar-refractivity contribution in [1.82, 2.24) is 4.31 Å². The highest BCUT2D eigenvalue weighted by molar-refractivity contribution is 7.69. The summed E-state index contributed by atoms with van der Waals surface area (Å²) in [6.45, 7) is 0.397. The Morgan fingerprint density at radius 2 is 2.13 bits per heavy atom. The molecule has 1 aromatic rings. The number of benzene rings is 1. The third-order valence-electron chi connectivity index (χ3n) is 2.59. The van der Waals surface area contributed by atoms with Crippen molar-refractivity contribution in [2.75, 3.05) is 6.54 Å². The Hall–Kier alpha value is -1.38. The molecule has 1 aliphatic heterocycles. The SMILES string of the molecule is N#CC1c2ccccc2CCN1[SH](=O)=O. The zero-order chi connectivity index (χ0) is 10.8. The van der Waals surface area contributed by atoms with Crippen LogP contribution in [-0.2, 0) is 17.3 Å². The van der Waals surface area contributed by atoms with Gasteiger partial charge in [-0.25, -0.2) is 8.42 Å². The van der Waals surface area contributed by atoms with Crippen molar-refractivity contribution >= 4 is 10.9 Å². The molecule has 0 saturated heterocycles. The Bertz CT molecular complexity index is 482. The van der Waals surface area contributed by atoms with E-state index in [1.54, 1.807) is 0 Å². The van der Waals surface area contributed by atoms with Gasteiger partial charge in [0.25, 0.3) is 0 Å². The number of fused-ring (bicyclic) bond motifs is 1. The van der Waals surface area contributed by atoms with E-state index in [0.717, 1.165) is 11.1 Å². The lowest BCUT2D eigenvalue weighted by Crippen LogP contribution is -2.33. The van der Waals surface area contributed by atoms with E-state index >= 15 is 0 Å². The number of rotatable bonds is 1. The fourth-order valence-corrected chi connectivity index (χ4v) is 2.49. The average Bonchev–Trinajstić information content (AvgIpc) is 2.27. The monoisotopic (exact) mass is 222 g/mol. The maximum atomic E-state index is 10.9. The highest BCUT2D eigenvalue weighted by atomic mass is 32.2. The van der Waals surface area contributed by atoms with Gasteiger partial charge in [-0.05, 0) is 17.5 Å². The molecule has 5 heteroatoms. The first-order valence-electron chi connectivity index (χ1n) is 4.62. The predicted molar refractivity (Wildman–Crippen MR) is 55.5 cm³/mol. The van der Waals surface area contributed by atoms with Crippen molar-refractivity contribution < 1.29 is 8.42 Å². The molecule has 0 aromatic heterocycles. The Morgan fingerprint density at radius 1 is 1.40 bits per heavy atom. The van der Waals surface area contributed by atoms with Crippen LogP contribution in [0.25, 0.3) is 0 Å². The minimum atomic E-state index is -2.68. The molecule has 1 aliphatic rings. The van der Waals surface area contributed by atoms with Gasteiger partial charge >= 0.3 is 0 Å². The molecular formula is C10H10N2O2S. The molecule has 1 aromatic carbocycles. The summed E-state index contributed by atoms with van der Waals surface area (Å²) in [7, 11) is -2.68. The van der Waals surface area contributed by atoms with Crippen molar-refractivity contribution in [1.29, 1.82) is 5.26 Å². The normalized spacial score (nSPS) is 20.9. The van der Waals surface area contributed by atoms with Gasteiger partial charge < -0.3 is 0 Å². The van der Waals surface area contributed by atoms with Gasteiger partial charge in [0.15, 0.2) is 0 Å². The number of hydrogen-bond acceptors (Lipinski definition) is 3. The quantitative estimate of drug-likeness (QED) is 0.709. The Morgan fingerprint density at radius 3 is 2.80 bits per heavy atom. The molecule has 0 bridgehead atoms. The topological polar surface area (TPSA) is 61.2 Å². The van der Waals surface area contributed by atoms with Crippen molar-refractivity contribution in [2.24, 2.45) is 0 Å². The number of thiol groups is 1. The molecule has 0 saturated carbocycles. The molecule has 4 nitrogen and oxygen atoms in total. The summed E-state index contributed by atoms with van der Waals surface area (Å²) < 4.78 is 23.1. The molecule has 2 rings (SSSR count). The third-order valence-corrected chi connectivity index (χ3v) is 3.44. The van der Waals surface area contributed by atoms with Crippen LogP contribution in [0.5, 0.6) is 0 Å². The van der Waals surface area contributed by atoms with Gasteiger partial charge in [0.05, 0.1) is 6.07 Å². The van der Waals surface area contributed by atoms with Gasteiger partial charge in [-0.1, -0.05) is 24.3 Å². The Labute approximate surface area is 89.8 Å². The van der Waals surface area contributed by atoms with Gasteiger partial charge in [-0.15, -0.1) is 0 Å². The van der Waals surface area contributed by atoms with Crippen molar-refractivity contribution in [3.63, 3.8) is 0 Å². The lowest BCUT2D eigenvalue weighted by molar-refractivity contribution is 0.369. The van der Waals surface area contributed by atoms with Crippen LogP contribution in [0.15, 0.2) is 24.3 Å². The van der Waals surface area contributed by atoms with Gasteiger partial charge in [-0.2, -0.15) is 9.57 Å². The zero-order valence-corrected chi connectivity index (χ0v) is 8.85. The summed E-state index contributed by atoms with van der Waals surface area (Å²) in [5, 5.41) is 9.00. The molecule has 15 heavy (non-hydrogen) atoms. The van der Waals surface area contributed by atoms with Gasteiger partial charge in [0.1, 0.15) is 6.04 Å². The number of hydrogen-bond donors (Lipinski definition) is 1. The van der Waals surface area contributed by atoms with Crippen molar-refractivity contribution in [2.45, 2.75) is 12.5 Å². The van der Waals surface area contributed by atoms with Crippen LogP contribution in [-0.4, -0.2) is 19.3 Å². The molecule has 1 heterocycles. The fourth-order valence-electron chi connectivity index (χ4n) is 1.87. The average molecular weight is 222 g/mol. The van der Waals surface area contributed by atoms with Crippen LogP contribution in [0, 0.1) is 11.3 Å². The highest BCUT2D eigenvalue weighted by Crippen LogP contribution is 2.28. The summed E-state index contributed by atoms with van der Waals surface area (Å²) in [4.78, 5) is 0. The highest BCUT2D eigenvalue weighted by Gasteiger charge is 2.28. The molecular weight excluding hydrogens is 212 g/mol. The second-order valence-corrected chi connectivity index (χ2v) is 4.37. The number of nitriles is 1. The summed E-state index contributed by atoms with van der Waals surface area (Å²) in [5.41, 5.74) is 1.88. The first-order valence-corrected chi connectivity index (χ1v) is 5.75. The van der Waals surface area contributed by atoms with E-state index < -0.39 is 16.9 Å². The van der Waals surface area contributed by atoms with E-state index in [2.05, 4.69) is 0 Å². The van der Waals surface area contributed by atoms with E-state index in [0.29, 0.717) is 13.0 Å². The molecule has 1 atom stereocenters. The fraction of sp³-hybridized carbons (Fsp3) is 0.300. The third kappa shape index (κ3) is 1.74. The van der Waals surface area contributed by atoms with Crippen LogP contribution in [0.4, 0.5) is 0 Å². The first-order chi connectivity index (χ1) is 7.24. The largest absolute Gasteiger partial charge is 0.215 e. The van der Waals surface area contributed by atoms with E-state index in [-0.39, 0.29) is 0 Å². The molecule has 78 valence electrons. The lowest BCUT2D eigenvalue weighted by Gasteiger charge is -2.28. The van der Waals surface area contributed by atoms with Crippen LogP contribution >= 0.6 is 0 Å². The van der Waals surface area contributed by atoms with E-state index in [9.17, 15) is 8.42 Å². The minimum absolute atomic E-state index is 0.397. The molecule has 0 radical (unpaired) electrons. The standard InChI is InChI=1S/C10H10N2O2S/c11-7-10-9-4-2-1-3-8(9)5-6-12(10)15(13)14/h1-4,10,15H,5-6H2. The maximum Gasteiger partial charge on any atom is 0.205 e. The lowest BCUT2D eigenvalue weighted by atomic mass is 9.95. The van der Waals surface area contributed by atoms with Gasteiger partial charge in [-0.3, -0.25) is 0 Å². The molecule has 0 aliphatic carbocycles. The van der Waals surface area contributed by atoms with Crippen LogP contribution in [0.3, 0.4) is 0 Å². The number of nitrogens with zero attached hydrogens (tertiary/aromatic N) is 2. The minimum Gasteiger partial charge on any atom is -0.215 e. The smallest absolute Gasteiger partial charge is 0.205 e. The Kier molecular flexibility index (Phi) is 2.71. The zero-order valence-electron chi connectivity index (χ0n) is 7.96. The van der Waals surface area contributed by atoms with E-state index in [1.807, 2.05) is 30.3 Å². The van der Waals surface area contributed by atoms with E-state index in [1.165, 1.54) is 4.31 Å². The van der Waals surface area contributed by atoms with Gasteiger partial charge in [0.2, 0.25) is 10.9 Å². The summed E-state index contributed by atoms with van der Waals surface area (Å²) >= 11 is 0. The molecule has 0 spiro atoms. The van der Waals surface area contributed by atoms with Crippen LogP contribution in [0.2, 0.25) is 0 Å². The maximum absolute atomic E-state index is 10.9. The van der Waals surface area contributed by atoms with Gasteiger partial charge in [0, 0.05) is 6.54 Å². The first kappa shape index (κ1) is 10.1. The second kappa shape index (κ2) is 4.01. The molecule has 0 fully saturated rings. The van der Waals surface area contributed by atoms with E-state index in [4.69, 9.17) is 5.26 Å². The molecule has 0 amide bonds. The van der Waals surface area contributed by atoms with Crippen molar-refractivity contribution in [3.8, 4) is 6.07 Å². The second-order valence-electron chi connectivity index (χ2n) is 3.38. The summed E-state index contributed by atoms with van der Waals surface area (Å²) in [5.74, 6) is 0. The summed E-state index contributed by atoms with van der Waals surface area (Å²) in [6, 6.07) is 8.86. The molecule has 1 unspecified atom stereocenters. The van der Waals surface area contributed by atoms with Crippen molar-refractivity contribution in [3.05, 3.63) is 35.4 Å². The molecule has 0 N–H and O–H groups in total. The predicted octanol–water partition coefficient (Wildman–Crippen LogP) is 0.636. The Balaban J connectivity index is 2.48.